The van der Waals surface area contributed by atoms with Crippen LogP contribution in [0.1, 0.15) is 50.5 Å². The molecule has 192 valence electrons. The van der Waals surface area contributed by atoms with E-state index in [0.29, 0.717) is 17.5 Å². The SMILES string of the molecule is CC1O[C@@H]([C@H](O)c2cccc(CNC(=O)OC(C)(C)C)c2)C(=O)N2C(=O)OC[C@@]12Cc1ccccc1. The number of carbonyl (C=O) groups excluding carboxylic acids is 3. The molecule has 0 saturated carbocycles. The summed E-state index contributed by atoms with van der Waals surface area (Å²) < 4.78 is 16.6. The van der Waals surface area contributed by atoms with E-state index in [0.717, 1.165) is 10.5 Å². The molecule has 0 aliphatic carbocycles. The molecule has 0 bridgehead atoms. The van der Waals surface area contributed by atoms with Gasteiger partial charge in [0.05, 0.1) is 6.10 Å². The first-order chi connectivity index (χ1) is 17.0. The Hall–Kier alpha value is -3.43. The minimum absolute atomic E-state index is 0.0161. The van der Waals surface area contributed by atoms with Crippen LogP contribution in [-0.4, -0.2) is 58.1 Å². The Morgan fingerprint density at radius 2 is 1.86 bits per heavy atom. The quantitative estimate of drug-likeness (QED) is 0.629. The summed E-state index contributed by atoms with van der Waals surface area (Å²) in [4.78, 5) is 39.2. The monoisotopic (exact) mass is 496 g/mol. The van der Waals surface area contributed by atoms with Crippen molar-refractivity contribution in [2.24, 2.45) is 0 Å². The lowest BCUT2D eigenvalue weighted by Gasteiger charge is -2.46. The molecule has 0 spiro atoms. The second-order valence-corrected chi connectivity index (χ2v) is 10.2. The van der Waals surface area contributed by atoms with Crippen LogP contribution in [0, 0.1) is 0 Å². The maximum atomic E-state index is 13.5. The smallest absolute Gasteiger partial charge is 0.417 e. The van der Waals surface area contributed by atoms with Gasteiger partial charge in [-0.05, 0) is 44.4 Å². The normalized spacial score (nSPS) is 24.6. The standard InChI is InChI=1S/C27H32N2O7/c1-17-27(14-18-9-6-5-7-10-18)16-34-25(33)29(27)23(31)22(35-17)21(30)20-12-8-11-19(13-20)15-28-24(32)36-26(2,3)4/h5-13,17,21-22,30H,14-16H2,1-4H3,(H,28,32)/t17?,21-,22+,27+/m1/s1. The zero-order valence-corrected chi connectivity index (χ0v) is 20.9. The summed E-state index contributed by atoms with van der Waals surface area (Å²) in [5.41, 5.74) is 0.447. The summed E-state index contributed by atoms with van der Waals surface area (Å²) in [6, 6.07) is 16.4. The van der Waals surface area contributed by atoms with Crippen LogP contribution in [0.2, 0.25) is 0 Å². The zero-order chi connectivity index (χ0) is 26.1. The molecule has 2 aromatic carbocycles. The molecule has 2 aromatic rings. The Labute approximate surface area is 210 Å². The van der Waals surface area contributed by atoms with Crippen LogP contribution >= 0.6 is 0 Å². The van der Waals surface area contributed by atoms with Crippen molar-refractivity contribution < 1.29 is 33.7 Å². The molecule has 3 amide bonds. The summed E-state index contributed by atoms with van der Waals surface area (Å²) in [6.45, 7) is 7.29. The third-order valence-corrected chi connectivity index (χ3v) is 6.41. The molecule has 9 heteroatoms. The Kier molecular flexibility index (Phi) is 7.06. The van der Waals surface area contributed by atoms with E-state index < -0.39 is 47.5 Å². The van der Waals surface area contributed by atoms with E-state index in [1.54, 1.807) is 52.0 Å². The van der Waals surface area contributed by atoms with Crippen LogP contribution in [0.25, 0.3) is 0 Å². The minimum Gasteiger partial charge on any atom is -0.446 e. The number of nitrogens with one attached hydrogen (secondary N) is 1. The fourth-order valence-electron chi connectivity index (χ4n) is 4.62. The predicted octanol–water partition coefficient (Wildman–Crippen LogP) is 3.49. The summed E-state index contributed by atoms with van der Waals surface area (Å²) in [5, 5.41) is 13.8. The lowest BCUT2D eigenvalue weighted by molar-refractivity contribution is -0.188. The number of imide groups is 1. The molecule has 1 unspecified atom stereocenters. The number of benzene rings is 2. The number of morpholine rings is 1. The van der Waals surface area contributed by atoms with Gasteiger partial charge in [0.1, 0.15) is 23.9 Å². The highest BCUT2D eigenvalue weighted by Gasteiger charge is 2.61. The van der Waals surface area contributed by atoms with Gasteiger partial charge >= 0.3 is 12.2 Å². The first kappa shape index (κ1) is 25.7. The highest BCUT2D eigenvalue weighted by molar-refractivity contribution is 5.98. The molecular formula is C27H32N2O7. The number of aliphatic hydroxyl groups excluding tert-OH is 1. The number of carbonyl (C=O) groups is 3. The Balaban J connectivity index is 1.51. The molecule has 36 heavy (non-hydrogen) atoms. The van der Waals surface area contributed by atoms with Gasteiger partial charge in [-0.2, -0.15) is 0 Å². The molecule has 2 N–H and O–H groups in total. The fourth-order valence-corrected chi connectivity index (χ4v) is 4.62. The van der Waals surface area contributed by atoms with Crippen molar-refractivity contribution in [3.63, 3.8) is 0 Å². The molecule has 4 atom stereocenters. The maximum Gasteiger partial charge on any atom is 0.417 e. The number of hydrogen-bond donors (Lipinski definition) is 2. The number of nitrogens with zero attached hydrogens (tertiary/aromatic N) is 1. The second-order valence-electron chi connectivity index (χ2n) is 10.2. The summed E-state index contributed by atoms with van der Waals surface area (Å²) in [5.74, 6) is -0.642. The van der Waals surface area contributed by atoms with E-state index in [9.17, 15) is 19.5 Å². The van der Waals surface area contributed by atoms with E-state index in [1.807, 2.05) is 30.3 Å². The van der Waals surface area contributed by atoms with E-state index in [4.69, 9.17) is 14.2 Å². The predicted molar refractivity (Wildman–Crippen MR) is 130 cm³/mol. The van der Waals surface area contributed by atoms with Crippen molar-refractivity contribution in [3.8, 4) is 0 Å². The van der Waals surface area contributed by atoms with Gasteiger partial charge in [0.2, 0.25) is 0 Å². The number of hydrogen-bond acceptors (Lipinski definition) is 7. The number of amides is 3. The number of rotatable bonds is 6. The van der Waals surface area contributed by atoms with Crippen molar-refractivity contribution in [3.05, 3.63) is 71.3 Å². The van der Waals surface area contributed by atoms with Crippen LogP contribution < -0.4 is 5.32 Å². The maximum absolute atomic E-state index is 13.5. The first-order valence-corrected chi connectivity index (χ1v) is 11.9. The van der Waals surface area contributed by atoms with Crippen LogP contribution in [0.3, 0.4) is 0 Å². The van der Waals surface area contributed by atoms with Crippen LogP contribution in [0.15, 0.2) is 54.6 Å². The molecule has 9 nitrogen and oxygen atoms in total. The van der Waals surface area contributed by atoms with E-state index >= 15 is 0 Å². The molecule has 4 rings (SSSR count). The molecule has 2 heterocycles. The molecule has 0 aromatic heterocycles. The third kappa shape index (κ3) is 5.22. The second kappa shape index (κ2) is 9.91. The first-order valence-electron chi connectivity index (χ1n) is 11.9. The van der Waals surface area contributed by atoms with E-state index in [-0.39, 0.29) is 13.2 Å². The summed E-state index contributed by atoms with van der Waals surface area (Å²) in [7, 11) is 0. The van der Waals surface area contributed by atoms with Crippen molar-refractivity contribution in [2.75, 3.05) is 6.61 Å². The van der Waals surface area contributed by atoms with Crippen LogP contribution in [0.5, 0.6) is 0 Å². The Bertz CT molecular complexity index is 1130. The molecule has 2 aliphatic rings. The molecule has 2 aliphatic heterocycles. The van der Waals surface area contributed by atoms with Gasteiger partial charge in [-0.25, -0.2) is 14.5 Å². The molecule has 0 radical (unpaired) electrons. The van der Waals surface area contributed by atoms with Gasteiger partial charge in [-0.15, -0.1) is 0 Å². The third-order valence-electron chi connectivity index (χ3n) is 6.41. The van der Waals surface area contributed by atoms with Crippen LogP contribution in [0.4, 0.5) is 9.59 Å². The van der Waals surface area contributed by atoms with Crippen LogP contribution in [-0.2, 0) is 32.0 Å². The van der Waals surface area contributed by atoms with Gasteiger partial charge < -0.3 is 24.6 Å². The van der Waals surface area contributed by atoms with Gasteiger partial charge in [-0.1, -0.05) is 54.6 Å². The Morgan fingerprint density at radius 1 is 1.17 bits per heavy atom. The minimum atomic E-state index is -1.33. The van der Waals surface area contributed by atoms with Gasteiger partial charge in [0.15, 0.2) is 6.10 Å². The number of aliphatic hydroxyl groups is 1. The van der Waals surface area contributed by atoms with E-state index in [2.05, 4.69) is 5.32 Å². The zero-order valence-electron chi connectivity index (χ0n) is 20.9. The number of ether oxygens (including phenoxy) is 3. The van der Waals surface area contributed by atoms with Crippen molar-refractivity contribution in [1.82, 2.24) is 10.2 Å². The average molecular weight is 497 g/mol. The molecule has 2 fully saturated rings. The number of fused-ring (bicyclic) bond motifs is 1. The van der Waals surface area contributed by atoms with Crippen molar-refractivity contribution in [2.45, 2.75) is 70.1 Å². The lowest BCUT2D eigenvalue weighted by Crippen LogP contribution is -2.67. The topological polar surface area (TPSA) is 114 Å². The van der Waals surface area contributed by atoms with Crippen molar-refractivity contribution in [1.29, 1.82) is 0 Å². The van der Waals surface area contributed by atoms with Crippen molar-refractivity contribution >= 4 is 18.1 Å². The Morgan fingerprint density at radius 3 is 2.56 bits per heavy atom. The van der Waals surface area contributed by atoms with Gasteiger partial charge in [0.25, 0.3) is 5.91 Å². The highest BCUT2D eigenvalue weighted by Crippen LogP contribution is 2.40. The largest absolute Gasteiger partial charge is 0.446 e. The summed E-state index contributed by atoms with van der Waals surface area (Å²) >= 11 is 0. The van der Waals surface area contributed by atoms with Gasteiger partial charge in [-0.3, -0.25) is 4.79 Å². The lowest BCUT2D eigenvalue weighted by atomic mass is 9.83. The number of alkyl carbamates (subject to hydrolysis) is 1. The average Bonchev–Trinajstić information content (AvgIpc) is 3.17. The highest BCUT2D eigenvalue weighted by atomic mass is 16.6. The fraction of sp³-hybridized carbons (Fsp3) is 0.444. The molecule has 2 saturated heterocycles. The summed E-state index contributed by atoms with van der Waals surface area (Å²) in [6.07, 6.45) is -4.12. The van der Waals surface area contributed by atoms with E-state index in [1.165, 1.54) is 0 Å². The van der Waals surface area contributed by atoms with Gasteiger partial charge in [0, 0.05) is 13.0 Å². The molecular weight excluding hydrogens is 464 g/mol. The number of cyclic esters (lactones) is 1.